The van der Waals surface area contributed by atoms with Gasteiger partial charge in [0.1, 0.15) is 0 Å². The van der Waals surface area contributed by atoms with Crippen LogP contribution in [0.3, 0.4) is 0 Å². The predicted octanol–water partition coefficient (Wildman–Crippen LogP) is 4.71. The second-order valence-electron chi connectivity index (χ2n) is 4.63. The molecule has 19 heavy (non-hydrogen) atoms. The molecule has 0 fully saturated rings. The van der Waals surface area contributed by atoms with E-state index >= 15 is 0 Å². The van der Waals surface area contributed by atoms with E-state index in [0.717, 1.165) is 15.8 Å². The summed E-state index contributed by atoms with van der Waals surface area (Å²) in [6.45, 7) is 4.20. The van der Waals surface area contributed by atoms with E-state index in [1.165, 1.54) is 11.1 Å². The molecule has 0 radical (unpaired) electrons. The van der Waals surface area contributed by atoms with E-state index < -0.39 is 0 Å². The van der Waals surface area contributed by atoms with E-state index in [9.17, 15) is 0 Å². The van der Waals surface area contributed by atoms with Gasteiger partial charge in [0.15, 0.2) is 0 Å². The van der Waals surface area contributed by atoms with Gasteiger partial charge in [0.25, 0.3) is 0 Å². The molecular weight excluding hydrogens is 300 g/mol. The molecular formula is C16H15BrN2. The Kier molecular flexibility index (Phi) is 3.92. The van der Waals surface area contributed by atoms with Crippen LogP contribution in [0.4, 0.5) is 11.4 Å². The maximum Gasteiger partial charge on any atom is 0.0992 e. The van der Waals surface area contributed by atoms with Crippen molar-refractivity contribution in [3.05, 3.63) is 57.6 Å². The first-order valence-corrected chi connectivity index (χ1v) is 6.83. The van der Waals surface area contributed by atoms with Gasteiger partial charge in [0.05, 0.1) is 17.3 Å². The number of aryl methyl sites for hydroxylation is 2. The zero-order valence-corrected chi connectivity index (χ0v) is 12.8. The molecule has 0 bridgehead atoms. The Hall–Kier alpha value is -1.79. The van der Waals surface area contributed by atoms with Crippen molar-refractivity contribution in [1.29, 1.82) is 5.26 Å². The van der Waals surface area contributed by atoms with Gasteiger partial charge in [-0.1, -0.05) is 17.7 Å². The SMILES string of the molecule is Cc1ccc(N(C)c2ccc(C#N)cc2Br)c(C)c1. The Morgan fingerprint density at radius 3 is 2.32 bits per heavy atom. The highest BCUT2D eigenvalue weighted by atomic mass is 79.9. The molecule has 0 aliphatic rings. The van der Waals surface area contributed by atoms with E-state index in [2.05, 4.69) is 58.9 Å². The number of benzene rings is 2. The summed E-state index contributed by atoms with van der Waals surface area (Å²) in [6.07, 6.45) is 0. The zero-order valence-electron chi connectivity index (χ0n) is 11.2. The largest absolute Gasteiger partial charge is 0.343 e. The molecule has 0 aliphatic heterocycles. The summed E-state index contributed by atoms with van der Waals surface area (Å²) >= 11 is 3.53. The third kappa shape index (κ3) is 2.80. The number of hydrogen-bond donors (Lipinski definition) is 0. The molecule has 0 atom stereocenters. The molecule has 0 heterocycles. The highest BCUT2D eigenvalue weighted by Gasteiger charge is 2.10. The van der Waals surface area contributed by atoms with Crippen LogP contribution in [0.1, 0.15) is 16.7 Å². The molecule has 2 aromatic rings. The monoisotopic (exact) mass is 314 g/mol. The fourth-order valence-electron chi connectivity index (χ4n) is 2.16. The van der Waals surface area contributed by atoms with Gasteiger partial charge in [0.2, 0.25) is 0 Å². The molecule has 0 aromatic heterocycles. The normalized spacial score (nSPS) is 10.1. The van der Waals surface area contributed by atoms with E-state index in [-0.39, 0.29) is 0 Å². The van der Waals surface area contributed by atoms with Crippen LogP contribution in [0.15, 0.2) is 40.9 Å². The first kappa shape index (κ1) is 13.6. The van der Waals surface area contributed by atoms with Crippen molar-refractivity contribution in [3.63, 3.8) is 0 Å². The molecule has 2 aromatic carbocycles. The molecule has 96 valence electrons. The van der Waals surface area contributed by atoms with Crippen molar-refractivity contribution in [3.8, 4) is 6.07 Å². The standard InChI is InChI=1S/C16H15BrN2/c1-11-4-6-15(12(2)8-11)19(3)16-7-5-13(10-18)9-14(16)17/h4-9H,1-3H3. The molecule has 0 aliphatic carbocycles. The highest BCUT2D eigenvalue weighted by molar-refractivity contribution is 9.10. The average molecular weight is 315 g/mol. The quantitative estimate of drug-likeness (QED) is 0.803. The lowest BCUT2D eigenvalue weighted by atomic mass is 10.1. The molecule has 0 N–H and O–H groups in total. The van der Waals surface area contributed by atoms with Gasteiger partial charge in [-0.05, 0) is 59.6 Å². The Morgan fingerprint density at radius 2 is 1.74 bits per heavy atom. The molecule has 2 rings (SSSR count). The third-order valence-corrected chi connectivity index (χ3v) is 3.79. The number of nitrogens with zero attached hydrogens (tertiary/aromatic N) is 2. The van der Waals surface area contributed by atoms with Gasteiger partial charge >= 0.3 is 0 Å². The summed E-state index contributed by atoms with van der Waals surface area (Å²) in [5.41, 5.74) is 5.36. The van der Waals surface area contributed by atoms with Crippen LogP contribution >= 0.6 is 15.9 Å². The minimum absolute atomic E-state index is 0.657. The summed E-state index contributed by atoms with van der Waals surface area (Å²) in [5, 5.41) is 8.90. The van der Waals surface area contributed by atoms with E-state index in [4.69, 9.17) is 5.26 Å². The van der Waals surface area contributed by atoms with Crippen molar-refractivity contribution >= 4 is 27.3 Å². The van der Waals surface area contributed by atoms with Gasteiger partial charge in [0, 0.05) is 17.2 Å². The number of hydrogen-bond acceptors (Lipinski definition) is 2. The summed E-state index contributed by atoms with van der Waals surface area (Å²) in [5.74, 6) is 0. The van der Waals surface area contributed by atoms with Crippen LogP contribution < -0.4 is 4.90 Å². The predicted molar refractivity (Wildman–Crippen MR) is 82.8 cm³/mol. The van der Waals surface area contributed by atoms with E-state index in [1.54, 1.807) is 0 Å². The number of anilines is 2. The second kappa shape index (κ2) is 5.46. The topological polar surface area (TPSA) is 27.0 Å². The van der Waals surface area contributed by atoms with Crippen LogP contribution in [0.25, 0.3) is 0 Å². The van der Waals surface area contributed by atoms with E-state index in [1.807, 2.05) is 25.2 Å². The Morgan fingerprint density at radius 1 is 1.05 bits per heavy atom. The fourth-order valence-corrected chi connectivity index (χ4v) is 2.80. The summed E-state index contributed by atoms with van der Waals surface area (Å²) in [6, 6.07) is 14.2. The minimum atomic E-state index is 0.657. The van der Waals surface area contributed by atoms with Crippen LogP contribution in [0.2, 0.25) is 0 Å². The lowest BCUT2D eigenvalue weighted by Gasteiger charge is -2.23. The summed E-state index contributed by atoms with van der Waals surface area (Å²) in [4.78, 5) is 2.13. The van der Waals surface area contributed by atoms with E-state index in [0.29, 0.717) is 5.56 Å². The molecule has 0 unspecified atom stereocenters. The van der Waals surface area contributed by atoms with Gasteiger partial charge in [-0.3, -0.25) is 0 Å². The summed E-state index contributed by atoms with van der Waals surface area (Å²) in [7, 11) is 2.03. The molecule has 3 heteroatoms. The highest BCUT2D eigenvalue weighted by Crippen LogP contribution is 2.33. The lowest BCUT2D eigenvalue weighted by Crippen LogP contribution is -2.11. The first-order chi connectivity index (χ1) is 9.02. The molecule has 0 amide bonds. The minimum Gasteiger partial charge on any atom is -0.343 e. The maximum absolute atomic E-state index is 8.90. The zero-order chi connectivity index (χ0) is 14.0. The number of nitriles is 1. The average Bonchev–Trinajstić information content (AvgIpc) is 2.37. The van der Waals surface area contributed by atoms with Gasteiger partial charge < -0.3 is 4.90 Å². The van der Waals surface area contributed by atoms with Crippen molar-refractivity contribution in [2.45, 2.75) is 13.8 Å². The molecule has 0 spiro atoms. The maximum atomic E-state index is 8.90. The van der Waals surface area contributed by atoms with Crippen molar-refractivity contribution in [2.24, 2.45) is 0 Å². The van der Waals surface area contributed by atoms with Crippen molar-refractivity contribution in [2.75, 3.05) is 11.9 Å². The third-order valence-electron chi connectivity index (χ3n) is 3.15. The molecule has 2 nitrogen and oxygen atoms in total. The first-order valence-electron chi connectivity index (χ1n) is 6.03. The summed E-state index contributed by atoms with van der Waals surface area (Å²) < 4.78 is 0.925. The Balaban J connectivity index is 2.44. The van der Waals surface area contributed by atoms with Crippen molar-refractivity contribution in [1.82, 2.24) is 0 Å². The Bertz CT molecular complexity index is 656. The van der Waals surface area contributed by atoms with Crippen molar-refractivity contribution < 1.29 is 0 Å². The van der Waals surface area contributed by atoms with Gasteiger partial charge in [-0.15, -0.1) is 0 Å². The number of halogens is 1. The molecule has 0 saturated carbocycles. The van der Waals surface area contributed by atoms with Crippen LogP contribution in [0.5, 0.6) is 0 Å². The smallest absolute Gasteiger partial charge is 0.0992 e. The van der Waals surface area contributed by atoms with Gasteiger partial charge in [-0.2, -0.15) is 5.26 Å². The fraction of sp³-hybridized carbons (Fsp3) is 0.188. The second-order valence-corrected chi connectivity index (χ2v) is 5.48. The molecule has 0 saturated heterocycles. The van der Waals surface area contributed by atoms with Crippen LogP contribution in [-0.4, -0.2) is 7.05 Å². The number of rotatable bonds is 2. The van der Waals surface area contributed by atoms with Crippen LogP contribution in [0, 0.1) is 25.2 Å². The van der Waals surface area contributed by atoms with Crippen LogP contribution in [-0.2, 0) is 0 Å². The lowest BCUT2D eigenvalue weighted by molar-refractivity contribution is 1.17. The van der Waals surface area contributed by atoms with Gasteiger partial charge in [-0.25, -0.2) is 0 Å². The Labute approximate surface area is 122 Å².